The van der Waals surface area contributed by atoms with Crippen LogP contribution < -0.4 is 10.6 Å². The van der Waals surface area contributed by atoms with E-state index in [1.807, 2.05) is 0 Å². The SMILES string of the molecule is CCCCCC(CC)OC(=O)CCCCCCCCN(CCCCCCCCC(=O)OC(CC)CCCCC)CCCNC(=O)c1cccc(C(=O)NCCCN(CCCCCCCCC(=O)OC(CC)CCCCC)CCCCCCCCC(=O)OC(CC)CCCCC)c1. The number of rotatable bonds is 70. The molecule has 0 spiro atoms. The van der Waals surface area contributed by atoms with Crippen LogP contribution in [0.15, 0.2) is 24.3 Å². The monoisotopic (exact) mass is 1350 g/mol. The number of hydrogen-bond donors (Lipinski definition) is 2. The Morgan fingerprint density at radius 1 is 0.302 bits per heavy atom. The fourth-order valence-corrected chi connectivity index (χ4v) is 12.8. The fourth-order valence-electron chi connectivity index (χ4n) is 12.8. The average Bonchev–Trinajstić information content (AvgIpc) is 1.00. The van der Waals surface area contributed by atoms with Gasteiger partial charge in [0.25, 0.3) is 11.8 Å². The quantitative estimate of drug-likeness (QED) is 0.0360. The van der Waals surface area contributed by atoms with E-state index >= 15 is 0 Å². The summed E-state index contributed by atoms with van der Waals surface area (Å²) in [6.07, 6.45) is 51.3. The molecule has 558 valence electrons. The summed E-state index contributed by atoms with van der Waals surface area (Å²) in [6, 6.07) is 7.07. The lowest BCUT2D eigenvalue weighted by molar-refractivity contribution is -0.150. The highest BCUT2D eigenvalue weighted by molar-refractivity contribution is 5.99. The summed E-state index contributed by atoms with van der Waals surface area (Å²) >= 11 is 0. The van der Waals surface area contributed by atoms with Crippen molar-refractivity contribution in [1.82, 2.24) is 20.4 Å². The van der Waals surface area contributed by atoms with E-state index in [1.54, 1.807) is 24.3 Å². The highest BCUT2D eigenvalue weighted by Gasteiger charge is 2.18. The van der Waals surface area contributed by atoms with Crippen molar-refractivity contribution < 1.29 is 47.7 Å². The molecule has 2 N–H and O–H groups in total. The molecule has 1 rings (SSSR count). The zero-order chi connectivity index (χ0) is 70.2. The lowest BCUT2D eigenvalue weighted by atomic mass is 10.1. The third-order valence-electron chi connectivity index (χ3n) is 19.2. The van der Waals surface area contributed by atoms with Gasteiger partial charge in [0.15, 0.2) is 0 Å². The number of benzene rings is 1. The van der Waals surface area contributed by atoms with Crippen LogP contribution >= 0.6 is 0 Å². The molecule has 96 heavy (non-hydrogen) atoms. The molecule has 1 aromatic rings. The van der Waals surface area contributed by atoms with E-state index < -0.39 is 0 Å². The Hall–Kier alpha value is -4.04. The summed E-state index contributed by atoms with van der Waals surface area (Å²) in [5.41, 5.74) is 0.974. The van der Waals surface area contributed by atoms with Crippen LogP contribution in [-0.4, -0.2) is 122 Å². The smallest absolute Gasteiger partial charge is 0.306 e. The van der Waals surface area contributed by atoms with E-state index in [-0.39, 0.29) is 60.1 Å². The minimum absolute atomic E-state index is 0.0432. The number of esters is 4. The molecule has 0 aliphatic rings. The maximum atomic E-state index is 13.5. The first kappa shape index (κ1) is 90.0. The molecule has 0 aliphatic heterocycles. The lowest BCUT2D eigenvalue weighted by Crippen LogP contribution is -2.32. The van der Waals surface area contributed by atoms with Gasteiger partial charge in [-0.15, -0.1) is 0 Å². The third kappa shape index (κ3) is 52.9. The van der Waals surface area contributed by atoms with E-state index in [2.05, 4.69) is 75.8 Å². The average molecular weight is 1350 g/mol. The highest BCUT2D eigenvalue weighted by atomic mass is 16.6. The number of ether oxygens (including phenoxy) is 4. The molecule has 0 aromatic heterocycles. The van der Waals surface area contributed by atoms with Crippen molar-refractivity contribution in [3.63, 3.8) is 0 Å². The van der Waals surface area contributed by atoms with Crippen LogP contribution in [0.25, 0.3) is 0 Å². The lowest BCUT2D eigenvalue weighted by Gasteiger charge is -2.22. The molecule has 0 radical (unpaired) electrons. The van der Waals surface area contributed by atoms with Gasteiger partial charge in [0.05, 0.1) is 0 Å². The van der Waals surface area contributed by atoms with Gasteiger partial charge in [0.2, 0.25) is 0 Å². The summed E-state index contributed by atoms with van der Waals surface area (Å²) < 4.78 is 23.1. The Balaban J connectivity index is 2.72. The molecule has 14 nitrogen and oxygen atoms in total. The molecule has 4 atom stereocenters. The van der Waals surface area contributed by atoms with E-state index in [1.165, 1.54) is 51.4 Å². The van der Waals surface area contributed by atoms with Gasteiger partial charge >= 0.3 is 23.9 Å². The van der Waals surface area contributed by atoms with E-state index in [9.17, 15) is 28.8 Å². The first-order valence-electron chi connectivity index (χ1n) is 40.7. The van der Waals surface area contributed by atoms with E-state index in [0.29, 0.717) is 49.9 Å². The number of nitrogens with zero attached hydrogens (tertiary/aromatic N) is 2. The zero-order valence-corrected chi connectivity index (χ0v) is 63.6. The van der Waals surface area contributed by atoms with Gasteiger partial charge in [-0.25, -0.2) is 0 Å². The second-order valence-corrected chi connectivity index (χ2v) is 28.0. The Labute approximate surface area is 589 Å². The maximum absolute atomic E-state index is 13.5. The molecule has 4 unspecified atom stereocenters. The summed E-state index contributed by atoms with van der Waals surface area (Å²) in [5.74, 6) is -0.507. The molecule has 1 aromatic carbocycles. The molecule has 0 aliphatic carbocycles. The first-order valence-corrected chi connectivity index (χ1v) is 40.7. The predicted molar refractivity (Wildman–Crippen MR) is 400 cm³/mol. The van der Waals surface area contributed by atoms with Crippen molar-refractivity contribution >= 4 is 35.7 Å². The molecule has 0 saturated carbocycles. The third-order valence-corrected chi connectivity index (χ3v) is 19.2. The Kier molecular flexibility index (Phi) is 61.4. The van der Waals surface area contributed by atoms with Crippen LogP contribution in [0, 0.1) is 0 Å². The molecule has 0 bridgehead atoms. The van der Waals surface area contributed by atoms with Crippen molar-refractivity contribution in [3.05, 3.63) is 35.4 Å². The topological polar surface area (TPSA) is 170 Å². The van der Waals surface area contributed by atoms with Crippen LogP contribution in [0.5, 0.6) is 0 Å². The summed E-state index contributed by atoms with van der Waals surface area (Å²) in [7, 11) is 0. The minimum atomic E-state index is -0.167. The predicted octanol–water partition coefficient (Wildman–Crippen LogP) is 21.1. The fraction of sp³-hybridized carbons (Fsp3) is 0.854. The Bertz CT molecular complexity index is 1790. The number of carbonyl (C=O) groups is 6. The first-order chi connectivity index (χ1) is 46.9. The van der Waals surface area contributed by atoms with Gasteiger partial charge in [-0.3, -0.25) is 28.8 Å². The number of unbranched alkanes of at least 4 members (excludes halogenated alkanes) is 28. The molecule has 0 saturated heterocycles. The maximum Gasteiger partial charge on any atom is 0.306 e. The largest absolute Gasteiger partial charge is 0.462 e. The van der Waals surface area contributed by atoms with Crippen LogP contribution in [0.3, 0.4) is 0 Å². The van der Waals surface area contributed by atoms with Crippen LogP contribution in [0.2, 0.25) is 0 Å². The summed E-state index contributed by atoms with van der Waals surface area (Å²) in [4.78, 5) is 82.3. The zero-order valence-electron chi connectivity index (χ0n) is 63.6. The van der Waals surface area contributed by atoms with Gasteiger partial charge in [-0.1, -0.05) is 216 Å². The number of hydrogen-bond acceptors (Lipinski definition) is 12. The Morgan fingerprint density at radius 3 is 0.771 bits per heavy atom. The minimum Gasteiger partial charge on any atom is -0.462 e. The van der Waals surface area contributed by atoms with Crippen molar-refractivity contribution in [2.45, 2.75) is 401 Å². The van der Waals surface area contributed by atoms with Crippen LogP contribution in [0.1, 0.15) is 397 Å². The van der Waals surface area contributed by atoms with Gasteiger partial charge < -0.3 is 39.4 Å². The number of carbonyl (C=O) groups excluding carboxylic acids is 6. The highest BCUT2D eigenvalue weighted by Crippen LogP contribution is 2.20. The molecule has 0 fully saturated rings. The normalized spacial score (nSPS) is 12.8. The van der Waals surface area contributed by atoms with Gasteiger partial charge in [0.1, 0.15) is 24.4 Å². The second kappa shape index (κ2) is 65.6. The summed E-state index contributed by atoms with van der Waals surface area (Å²) in [5, 5.41) is 6.28. The van der Waals surface area contributed by atoms with E-state index in [4.69, 9.17) is 18.9 Å². The van der Waals surface area contributed by atoms with E-state index in [0.717, 1.165) is 283 Å². The standard InChI is InChI=1S/C82H150N4O10/c1-9-17-37-54-73(13-5)93-77(87)58-41-29-21-25-33-45-64-85(65-46-34-26-22-30-42-59-78(88)94-74(14-6)55-38-18-10-2)68-50-62-83-81(91)71-52-49-53-72(70-71)82(92)84-63-51-69-86(66-47-35-27-23-31-43-60-79(89)95-75(15-7)56-39-19-11-3)67-48-36-28-24-32-44-61-80(90)96-76(16-8)57-40-20-12-4/h49,52-53,70,73-76H,9-48,50-51,54-69H2,1-8H3,(H,83,91)(H,84,92). The van der Waals surface area contributed by atoms with Crippen molar-refractivity contribution in [1.29, 1.82) is 0 Å². The van der Waals surface area contributed by atoms with Crippen molar-refractivity contribution in [2.24, 2.45) is 0 Å². The van der Waals surface area contributed by atoms with Crippen LogP contribution in [0.4, 0.5) is 0 Å². The van der Waals surface area contributed by atoms with Gasteiger partial charge in [-0.05, 0) is 199 Å². The molecular weight excluding hydrogens is 1200 g/mol. The van der Waals surface area contributed by atoms with Crippen molar-refractivity contribution in [2.75, 3.05) is 52.4 Å². The summed E-state index contributed by atoms with van der Waals surface area (Å²) in [6.45, 7) is 24.2. The van der Waals surface area contributed by atoms with Gasteiger partial charge in [-0.2, -0.15) is 0 Å². The van der Waals surface area contributed by atoms with Gasteiger partial charge in [0, 0.05) is 49.9 Å². The molecule has 14 heteroatoms. The van der Waals surface area contributed by atoms with Crippen molar-refractivity contribution in [3.8, 4) is 0 Å². The molecular formula is C82H150N4O10. The number of nitrogens with one attached hydrogen (secondary N) is 2. The Morgan fingerprint density at radius 2 is 0.531 bits per heavy atom. The second-order valence-electron chi connectivity index (χ2n) is 28.0. The van der Waals surface area contributed by atoms with Crippen LogP contribution in [-0.2, 0) is 38.1 Å². The molecule has 0 heterocycles. The molecule has 2 amide bonds. The number of amides is 2.